The Kier molecular flexibility index (Phi) is 7.39. The van der Waals surface area contributed by atoms with Crippen LogP contribution in [0.3, 0.4) is 0 Å². The van der Waals surface area contributed by atoms with Gasteiger partial charge in [0.25, 0.3) is 5.91 Å². The third-order valence-corrected chi connectivity index (χ3v) is 4.78. The van der Waals surface area contributed by atoms with Crippen molar-refractivity contribution in [1.82, 2.24) is 5.32 Å². The van der Waals surface area contributed by atoms with Gasteiger partial charge in [0, 0.05) is 24.4 Å². The van der Waals surface area contributed by atoms with Crippen LogP contribution in [0.15, 0.2) is 36.4 Å². The quantitative estimate of drug-likeness (QED) is 0.703. The Morgan fingerprint density at radius 2 is 2.00 bits per heavy atom. The zero-order valence-electron chi connectivity index (χ0n) is 16.1. The second-order valence-corrected chi connectivity index (χ2v) is 7.33. The van der Waals surface area contributed by atoms with Gasteiger partial charge in [0.1, 0.15) is 0 Å². The van der Waals surface area contributed by atoms with E-state index in [1.165, 1.54) is 5.56 Å². The van der Waals surface area contributed by atoms with E-state index in [1.807, 2.05) is 31.2 Å². The summed E-state index contributed by atoms with van der Waals surface area (Å²) in [6.07, 6.45) is 6.64. The number of carbonyl (C=O) groups excluding carboxylic acids is 2. The van der Waals surface area contributed by atoms with Crippen molar-refractivity contribution in [3.8, 4) is 0 Å². The van der Waals surface area contributed by atoms with Gasteiger partial charge in [-0.1, -0.05) is 45.0 Å². The Hall–Kier alpha value is -2.14. The van der Waals surface area contributed by atoms with E-state index < -0.39 is 6.04 Å². The minimum Gasteiger partial charge on any atom is -0.349 e. The van der Waals surface area contributed by atoms with Gasteiger partial charge in [0.05, 0.1) is 6.04 Å². The molecule has 0 bridgehead atoms. The predicted molar refractivity (Wildman–Crippen MR) is 106 cm³/mol. The van der Waals surface area contributed by atoms with Gasteiger partial charge in [-0.2, -0.15) is 0 Å². The normalized spacial score (nSPS) is 16.0. The molecule has 1 aliphatic rings. The van der Waals surface area contributed by atoms with Crippen molar-refractivity contribution in [1.29, 1.82) is 0 Å². The fourth-order valence-electron chi connectivity index (χ4n) is 3.06. The number of anilines is 1. The highest BCUT2D eigenvalue weighted by molar-refractivity contribution is 6.03. The van der Waals surface area contributed by atoms with E-state index in [0.717, 1.165) is 24.9 Å². The molecule has 1 aliphatic heterocycles. The Morgan fingerprint density at radius 3 is 2.69 bits per heavy atom. The molecule has 0 saturated carbocycles. The van der Waals surface area contributed by atoms with Gasteiger partial charge in [-0.05, 0) is 43.2 Å². The second-order valence-electron chi connectivity index (χ2n) is 7.33. The van der Waals surface area contributed by atoms with Crippen LogP contribution in [0, 0.1) is 5.92 Å². The highest BCUT2D eigenvalue weighted by atomic mass is 16.2. The molecule has 2 atom stereocenters. The van der Waals surface area contributed by atoms with Crippen molar-refractivity contribution < 1.29 is 9.59 Å². The lowest BCUT2D eigenvalue weighted by Gasteiger charge is -2.19. The third-order valence-electron chi connectivity index (χ3n) is 4.78. The number of carbonyl (C=O) groups is 2. The van der Waals surface area contributed by atoms with Crippen LogP contribution in [0.2, 0.25) is 0 Å². The first-order chi connectivity index (χ1) is 12.4. The number of rotatable bonds is 8. The van der Waals surface area contributed by atoms with E-state index in [9.17, 15) is 9.59 Å². The van der Waals surface area contributed by atoms with Crippen LogP contribution in [0.4, 0.5) is 5.69 Å². The maximum absolute atomic E-state index is 12.6. The van der Waals surface area contributed by atoms with E-state index in [2.05, 4.69) is 25.2 Å². The molecule has 1 aromatic carbocycles. The summed E-state index contributed by atoms with van der Waals surface area (Å²) < 4.78 is 0. The summed E-state index contributed by atoms with van der Waals surface area (Å²) in [7, 11) is 0. The van der Waals surface area contributed by atoms with Crippen LogP contribution in [-0.4, -0.2) is 30.4 Å². The molecule has 1 heterocycles. The van der Waals surface area contributed by atoms with Gasteiger partial charge in [-0.25, -0.2) is 0 Å². The molecule has 0 aromatic heterocycles. The Bertz CT molecular complexity index is 654. The van der Waals surface area contributed by atoms with Crippen molar-refractivity contribution in [2.24, 2.45) is 11.7 Å². The summed E-state index contributed by atoms with van der Waals surface area (Å²) in [5, 5.41) is 2.97. The number of para-hydroxylation sites is 1. The predicted octanol–water partition coefficient (Wildman–Crippen LogP) is 2.79. The Morgan fingerprint density at radius 1 is 1.27 bits per heavy atom. The highest BCUT2D eigenvalue weighted by Crippen LogP contribution is 2.27. The summed E-state index contributed by atoms with van der Waals surface area (Å²) in [5.41, 5.74) is 8.00. The standard InChI is InChI=1S/C21H31N3O2/c1-4-18(22)21(26)23-17(10-9-15(2)3)11-12-20(25)24-14-13-16-7-5-6-8-19(16)24/h5-8,11-12,15,17-18H,4,9-10,13-14,22H2,1-3H3,(H,23,26). The van der Waals surface area contributed by atoms with E-state index in [1.54, 1.807) is 11.0 Å². The van der Waals surface area contributed by atoms with Gasteiger partial charge in [0.2, 0.25) is 5.91 Å². The van der Waals surface area contributed by atoms with Crippen molar-refractivity contribution in [3.05, 3.63) is 42.0 Å². The molecular formula is C21H31N3O2. The lowest BCUT2D eigenvalue weighted by molar-refractivity contribution is -0.123. The number of benzene rings is 1. The van der Waals surface area contributed by atoms with E-state index in [-0.39, 0.29) is 17.9 Å². The maximum atomic E-state index is 12.6. The lowest BCUT2D eigenvalue weighted by atomic mass is 10.0. The van der Waals surface area contributed by atoms with Crippen molar-refractivity contribution in [2.75, 3.05) is 11.4 Å². The molecule has 0 radical (unpaired) electrons. The van der Waals surface area contributed by atoms with E-state index >= 15 is 0 Å². The molecule has 2 rings (SSSR count). The molecule has 0 saturated heterocycles. The minimum absolute atomic E-state index is 0.0430. The first-order valence-electron chi connectivity index (χ1n) is 9.56. The van der Waals surface area contributed by atoms with Crippen molar-refractivity contribution in [3.63, 3.8) is 0 Å². The summed E-state index contributed by atoms with van der Waals surface area (Å²) in [6, 6.07) is 7.30. The number of nitrogens with zero attached hydrogens (tertiary/aromatic N) is 1. The molecule has 142 valence electrons. The van der Waals surface area contributed by atoms with E-state index in [0.29, 0.717) is 18.9 Å². The maximum Gasteiger partial charge on any atom is 0.250 e. The molecule has 0 aliphatic carbocycles. The monoisotopic (exact) mass is 357 g/mol. The average molecular weight is 357 g/mol. The topological polar surface area (TPSA) is 75.4 Å². The number of fused-ring (bicyclic) bond motifs is 1. The first-order valence-corrected chi connectivity index (χ1v) is 9.56. The largest absolute Gasteiger partial charge is 0.349 e. The third kappa shape index (κ3) is 5.43. The molecule has 3 N–H and O–H groups in total. The number of hydrogen-bond donors (Lipinski definition) is 2. The molecule has 1 aromatic rings. The average Bonchev–Trinajstić information content (AvgIpc) is 3.06. The van der Waals surface area contributed by atoms with Crippen LogP contribution < -0.4 is 16.0 Å². The molecular weight excluding hydrogens is 326 g/mol. The van der Waals surface area contributed by atoms with Crippen molar-refractivity contribution in [2.45, 2.75) is 58.5 Å². The van der Waals surface area contributed by atoms with Crippen LogP contribution in [-0.2, 0) is 16.0 Å². The Labute approximate surface area is 156 Å². The summed E-state index contributed by atoms with van der Waals surface area (Å²) in [4.78, 5) is 26.6. The second kappa shape index (κ2) is 9.53. The van der Waals surface area contributed by atoms with Gasteiger partial charge in [0.15, 0.2) is 0 Å². The summed E-state index contributed by atoms with van der Waals surface area (Å²) in [5.74, 6) is 0.326. The zero-order chi connectivity index (χ0) is 19.1. The fraction of sp³-hybridized carbons (Fsp3) is 0.524. The van der Waals surface area contributed by atoms with Gasteiger partial charge < -0.3 is 16.0 Å². The molecule has 2 amide bonds. The lowest BCUT2D eigenvalue weighted by Crippen LogP contribution is -2.44. The zero-order valence-corrected chi connectivity index (χ0v) is 16.1. The van der Waals surface area contributed by atoms with Crippen LogP contribution in [0.5, 0.6) is 0 Å². The minimum atomic E-state index is -0.508. The number of nitrogens with two attached hydrogens (primary N) is 1. The van der Waals surface area contributed by atoms with Crippen LogP contribution in [0.25, 0.3) is 0 Å². The van der Waals surface area contributed by atoms with Crippen LogP contribution in [0.1, 0.15) is 45.6 Å². The molecule has 0 spiro atoms. The number of hydrogen-bond acceptors (Lipinski definition) is 3. The molecule has 5 heteroatoms. The smallest absolute Gasteiger partial charge is 0.250 e. The number of amides is 2. The van der Waals surface area contributed by atoms with Crippen LogP contribution >= 0.6 is 0 Å². The Balaban J connectivity index is 2.03. The number of nitrogens with one attached hydrogen (secondary N) is 1. The molecule has 2 unspecified atom stereocenters. The summed E-state index contributed by atoms with van der Waals surface area (Å²) >= 11 is 0. The summed E-state index contributed by atoms with van der Waals surface area (Å²) in [6.45, 7) is 6.88. The molecule has 0 fully saturated rings. The van der Waals surface area contributed by atoms with Gasteiger partial charge in [-0.15, -0.1) is 0 Å². The fourth-order valence-corrected chi connectivity index (χ4v) is 3.06. The SMILES string of the molecule is CCC(N)C(=O)NC(C=CC(=O)N1CCc2ccccc21)CCC(C)C. The highest BCUT2D eigenvalue weighted by Gasteiger charge is 2.23. The molecule has 5 nitrogen and oxygen atoms in total. The molecule has 26 heavy (non-hydrogen) atoms. The van der Waals surface area contributed by atoms with Gasteiger partial charge in [-0.3, -0.25) is 9.59 Å². The van der Waals surface area contributed by atoms with E-state index in [4.69, 9.17) is 5.73 Å². The first kappa shape index (κ1) is 20.2. The van der Waals surface area contributed by atoms with Crippen molar-refractivity contribution >= 4 is 17.5 Å². The van der Waals surface area contributed by atoms with Gasteiger partial charge >= 0.3 is 0 Å².